The van der Waals surface area contributed by atoms with Gasteiger partial charge in [-0.05, 0) is 66.2 Å². The highest BCUT2D eigenvalue weighted by Crippen LogP contribution is 2.35. The Morgan fingerprint density at radius 2 is 1.89 bits per heavy atom. The number of benzene rings is 2. The van der Waals surface area contributed by atoms with Crippen molar-refractivity contribution in [3.8, 4) is 11.5 Å². The van der Waals surface area contributed by atoms with Crippen molar-refractivity contribution in [3.05, 3.63) is 70.1 Å². The van der Waals surface area contributed by atoms with Crippen LogP contribution in [0.2, 0.25) is 0 Å². The second-order valence-corrected chi connectivity index (χ2v) is 11.1. The van der Waals surface area contributed by atoms with E-state index in [0.717, 1.165) is 41.1 Å². The fourth-order valence-corrected chi connectivity index (χ4v) is 5.66. The van der Waals surface area contributed by atoms with Gasteiger partial charge in [0.1, 0.15) is 0 Å². The van der Waals surface area contributed by atoms with E-state index in [1.165, 1.54) is 23.1 Å². The van der Waals surface area contributed by atoms with Gasteiger partial charge >= 0.3 is 0 Å². The molecule has 2 aromatic carbocycles. The third kappa shape index (κ3) is 6.99. The molecule has 0 aliphatic carbocycles. The first-order valence-electron chi connectivity index (χ1n) is 11.0. The van der Waals surface area contributed by atoms with Crippen LogP contribution in [-0.2, 0) is 14.8 Å². The molecule has 35 heavy (non-hydrogen) atoms. The molecule has 2 aromatic rings. The van der Waals surface area contributed by atoms with Gasteiger partial charge in [-0.3, -0.25) is 9.69 Å². The minimum Gasteiger partial charge on any atom is -0.493 e. The summed E-state index contributed by atoms with van der Waals surface area (Å²) in [4.78, 5) is 14.8. The molecule has 1 aliphatic heterocycles. The number of sulfonamides is 1. The van der Waals surface area contributed by atoms with E-state index in [4.69, 9.17) is 9.47 Å². The summed E-state index contributed by atoms with van der Waals surface area (Å²) in [7, 11) is -2.43. The van der Waals surface area contributed by atoms with Crippen LogP contribution in [0.5, 0.6) is 11.5 Å². The zero-order valence-corrected chi connectivity index (χ0v) is 22.8. The second kappa shape index (κ2) is 12.4. The maximum absolute atomic E-state index is 13.1. The van der Waals surface area contributed by atoms with Crippen LogP contribution in [0.1, 0.15) is 31.7 Å². The number of thioether (sulfide) groups is 1. The first-order chi connectivity index (χ1) is 16.8. The van der Waals surface area contributed by atoms with Crippen LogP contribution in [0.4, 0.5) is 0 Å². The summed E-state index contributed by atoms with van der Waals surface area (Å²) in [5, 5.41) is 0.0774. The number of nitrogens with zero attached hydrogens (tertiary/aromatic N) is 2. The van der Waals surface area contributed by atoms with Gasteiger partial charge in [-0.1, -0.05) is 47.8 Å². The molecule has 0 bridgehead atoms. The zero-order valence-electron chi connectivity index (χ0n) is 19.6. The first kappa shape index (κ1) is 27.0. The molecule has 7 nitrogen and oxygen atoms in total. The molecular weight excluding hydrogens is 552 g/mol. The lowest BCUT2D eigenvalue weighted by Crippen LogP contribution is -2.29. The highest BCUT2D eigenvalue weighted by atomic mass is 79.9. The minimum absolute atomic E-state index is 0.0391. The first-order valence-corrected chi connectivity index (χ1v) is 14.1. The average molecular weight is 580 g/mol. The van der Waals surface area contributed by atoms with Crippen molar-refractivity contribution in [2.75, 3.05) is 20.3 Å². The van der Waals surface area contributed by atoms with Crippen molar-refractivity contribution < 1.29 is 22.7 Å². The van der Waals surface area contributed by atoms with Crippen molar-refractivity contribution >= 4 is 54.9 Å². The summed E-state index contributed by atoms with van der Waals surface area (Å²) in [5.74, 6) is 0.842. The molecule has 0 aromatic heterocycles. The highest BCUT2D eigenvalue weighted by Gasteiger charge is 2.34. The van der Waals surface area contributed by atoms with Gasteiger partial charge in [-0.25, -0.2) is 0 Å². The number of amidine groups is 1. The molecular formula is C25H27BrN2O5S2. The van der Waals surface area contributed by atoms with E-state index in [9.17, 15) is 13.2 Å². The molecule has 3 rings (SSSR count). The summed E-state index contributed by atoms with van der Waals surface area (Å²) in [6, 6.07) is 11.6. The number of carbonyl (C=O) groups is 1. The van der Waals surface area contributed by atoms with Gasteiger partial charge in [0.25, 0.3) is 15.9 Å². The monoisotopic (exact) mass is 578 g/mol. The van der Waals surface area contributed by atoms with Gasteiger partial charge in [0.2, 0.25) is 0 Å². The Bertz CT molecular complexity index is 1240. The number of methoxy groups -OCH3 is 1. The molecule has 1 heterocycles. The van der Waals surface area contributed by atoms with E-state index in [2.05, 4.69) is 33.8 Å². The van der Waals surface area contributed by atoms with Gasteiger partial charge in [0, 0.05) is 11.0 Å². The second-order valence-electron chi connectivity index (χ2n) is 7.58. The Labute approximate surface area is 219 Å². The number of amides is 1. The van der Waals surface area contributed by atoms with E-state index in [0.29, 0.717) is 23.0 Å². The Kier molecular flexibility index (Phi) is 9.59. The molecule has 0 unspecified atom stereocenters. The predicted molar refractivity (Wildman–Crippen MR) is 144 cm³/mol. The van der Waals surface area contributed by atoms with Gasteiger partial charge in [-0.15, -0.1) is 11.0 Å². The Morgan fingerprint density at radius 3 is 2.54 bits per heavy atom. The summed E-state index contributed by atoms with van der Waals surface area (Å²) < 4.78 is 41.7. The van der Waals surface area contributed by atoms with Gasteiger partial charge in [0.05, 0.1) is 23.5 Å². The smallest absolute Gasteiger partial charge is 0.284 e. The number of rotatable bonds is 11. The number of unbranched alkanes of at least 4 members (excludes halogenated alkanes) is 2. The summed E-state index contributed by atoms with van der Waals surface area (Å²) in [6.07, 6.45) is 6.31. The number of halogens is 1. The molecule has 1 saturated heterocycles. The van der Waals surface area contributed by atoms with Gasteiger partial charge < -0.3 is 9.47 Å². The standard InChI is InChI=1S/C25H27BrN2O5S2/c1-4-6-7-15-33-22-16-18(8-13-21(22)32-3)17-23-24(29)28(14-5-2)25(34-23)27-35(30,31)20-11-9-19(26)10-12-20/h5,8-13,16-17H,2,4,6-7,14-15H2,1,3H3. The van der Waals surface area contributed by atoms with E-state index >= 15 is 0 Å². The molecule has 0 radical (unpaired) electrons. The fraction of sp³-hybridized carbons (Fsp3) is 0.280. The Morgan fingerprint density at radius 1 is 1.14 bits per heavy atom. The normalized spacial score (nSPS) is 16.2. The maximum Gasteiger partial charge on any atom is 0.284 e. The van der Waals surface area contributed by atoms with Crippen LogP contribution in [0, 0.1) is 0 Å². The maximum atomic E-state index is 13.1. The molecule has 10 heteroatoms. The lowest BCUT2D eigenvalue weighted by atomic mass is 10.2. The molecule has 0 N–H and O–H groups in total. The Hall–Kier alpha value is -2.56. The van der Waals surface area contributed by atoms with Crippen LogP contribution in [0.25, 0.3) is 6.08 Å². The predicted octanol–water partition coefficient (Wildman–Crippen LogP) is 5.87. The van der Waals surface area contributed by atoms with Crippen LogP contribution in [0.3, 0.4) is 0 Å². The quantitative estimate of drug-likeness (QED) is 0.188. The van der Waals surface area contributed by atoms with Crippen molar-refractivity contribution in [1.29, 1.82) is 0 Å². The molecule has 1 amide bonds. The molecule has 1 fully saturated rings. The van der Waals surface area contributed by atoms with Crippen LogP contribution in [0.15, 0.2) is 73.8 Å². The minimum atomic E-state index is -4.01. The van der Waals surface area contributed by atoms with Gasteiger partial charge in [-0.2, -0.15) is 8.42 Å². The number of hydrogen-bond donors (Lipinski definition) is 0. The van der Waals surface area contributed by atoms with Crippen LogP contribution in [-0.4, -0.2) is 44.7 Å². The third-order valence-corrected chi connectivity index (χ3v) is 7.93. The SMILES string of the molecule is C=CCN1C(=O)C(=Cc2ccc(OC)c(OCCCCC)c2)SC1=NS(=O)(=O)c1ccc(Br)cc1. The summed E-state index contributed by atoms with van der Waals surface area (Å²) in [5.41, 5.74) is 0.725. The summed E-state index contributed by atoms with van der Waals surface area (Å²) >= 11 is 4.30. The fourth-order valence-electron chi connectivity index (χ4n) is 3.21. The van der Waals surface area contributed by atoms with Gasteiger partial charge in [0.15, 0.2) is 16.7 Å². The topological polar surface area (TPSA) is 85.3 Å². The molecule has 0 atom stereocenters. The van der Waals surface area contributed by atoms with Crippen molar-refractivity contribution in [2.24, 2.45) is 4.40 Å². The van der Waals surface area contributed by atoms with Crippen molar-refractivity contribution in [2.45, 2.75) is 31.1 Å². The van der Waals surface area contributed by atoms with E-state index in [1.807, 2.05) is 6.07 Å². The van der Waals surface area contributed by atoms with Crippen LogP contribution < -0.4 is 9.47 Å². The summed E-state index contributed by atoms with van der Waals surface area (Å²) in [6.45, 7) is 6.50. The Balaban J connectivity index is 1.91. The number of ether oxygens (including phenoxy) is 2. The largest absolute Gasteiger partial charge is 0.493 e. The molecule has 1 aliphatic rings. The lowest BCUT2D eigenvalue weighted by Gasteiger charge is -2.12. The van der Waals surface area contributed by atoms with E-state index in [-0.39, 0.29) is 22.5 Å². The van der Waals surface area contributed by atoms with E-state index in [1.54, 1.807) is 37.5 Å². The molecule has 186 valence electrons. The number of carbonyl (C=O) groups excluding carboxylic acids is 1. The molecule has 0 spiro atoms. The highest BCUT2D eigenvalue weighted by molar-refractivity contribution is 9.10. The van der Waals surface area contributed by atoms with E-state index < -0.39 is 10.0 Å². The lowest BCUT2D eigenvalue weighted by molar-refractivity contribution is -0.121. The van der Waals surface area contributed by atoms with Crippen LogP contribution >= 0.6 is 27.7 Å². The van der Waals surface area contributed by atoms with Crippen molar-refractivity contribution in [1.82, 2.24) is 4.90 Å². The van der Waals surface area contributed by atoms with Crippen molar-refractivity contribution in [3.63, 3.8) is 0 Å². The number of hydrogen-bond acceptors (Lipinski definition) is 6. The zero-order chi connectivity index (χ0) is 25.4. The molecule has 0 saturated carbocycles. The average Bonchev–Trinajstić information content (AvgIpc) is 3.11. The third-order valence-electron chi connectivity index (χ3n) is 5.00.